The van der Waals surface area contributed by atoms with Crippen LogP contribution in [0.4, 0.5) is 13.6 Å². The van der Waals surface area contributed by atoms with Gasteiger partial charge in [0.05, 0.1) is 25.0 Å². The zero-order valence-corrected chi connectivity index (χ0v) is 14.1. The molecule has 0 bridgehead atoms. The molecule has 0 aliphatic carbocycles. The van der Waals surface area contributed by atoms with Crippen molar-refractivity contribution >= 4 is 23.6 Å². The number of hydrogen-bond donors (Lipinski definition) is 0. The summed E-state index contributed by atoms with van der Waals surface area (Å²) in [6.07, 6.45) is 2.88. The molecular formula is C15H17ClF2N4O3. The van der Waals surface area contributed by atoms with Crippen LogP contribution in [0.3, 0.4) is 0 Å². The summed E-state index contributed by atoms with van der Waals surface area (Å²) in [5.41, 5.74) is 0. The van der Waals surface area contributed by atoms with Gasteiger partial charge in [0.1, 0.15) is 0 Å². The van der Waals surface area contributed by atoms with Gasteiger partial charge in [-0.3, -0.25) is 9.69 Å². The molecule has 3 heterocycles. The highest BCUT2D eigenvalue weighted by atomic mass is 35.5. The highest BCUT2D eigenvalue weighted by Gasteiger charge is 2.45. The molecule has 2 saturated heterocycles. The van der Waals surface area contributed by atoms with Crippen molar-refractivity contribution in [2.75, 3.05) is 19.6 Å². The zero-order chi connectivity index (χ0) is 18.0. The van der Waals surface area contributed by atoms with Crippen LogP contribution in [-0.2, 0) is 4.79 Å². The first-order valence-electron chi connectivity index (χ1n) is 7.96. The van der Waals surface area contributed by atoms with E-state index in [9.17, 15) is 18.4 Å². The minimum atomic E-state index is -3.09. The van der Waals surface area contributed by atoms with Gasteiger partial charge in [-0.2, -0.15) is 0 Å². The van der Waals surface area contributed by atoms with Gasteiger partial charge in [-0.25, -0.2) is 23.5 Å². The van der Waals surface area contributed by atoms with Crippen molar-refractivity contribution in [2.24, 2.45) is 0 Å². The lowest BCUT2D eigenvalue weighted by molar-refractivity contribution is -0.142. The number of aromatic nitrogens is 2. The average molecular weight is 375 g/mol. The van der Waals surface area contributed by atoms with E-state index in [1.807, 2.05) is 0 Å². The summed E-state index contributed by atoms with van der Waals surface area (Å²) < 4.78 is 33.2. The van der Waals surface area contributed by atoms with Crippen LogP contribution in [0.15, 0.2) is 12.4 Å². The number of amides is 2. The van der Waals surface area contributed by atoms with Crippen LogP contribution >= 0.6 is 11.6 Å². The minimum Gasteiger partial charge on any atom is -0.407 e. The summed E-state index contributed by atoms with van der Waals surface area (Å²) in [5, 5.41) is -0.0204. The molecule has 0 N–H and O–H groups in total. The van der Waals surface area contributed by atoms with Gasteiger partial charge in [-0.1, -0.05) is 0 Å². The van der Waals surface area contributed by atoms with Crippen molar-refractivity contribution in [1.82, 2.24) is 19.8 Å². The molecular weight excluding hydrogens is 358 g/mol. The number of piperidine rings is 2. The fourth-order valence-electron chi connectivity index (χ4n) is 3.15. The first kappa shape index (κ1) is 17.8. The summed E-state index contributed by atoms with van der Waals surface area (Å²) >= 11 is 5.54. The molecule has 1 atom stereocenters. The van der Waals surface area contributed by atoms with E-state index >= 15 is 0 Å². The number of nitrogens with zero attached hydrogens (tertiary/aromatic N) is 4. The van der Waals surface area contributed by atoms with Crippen LogP contribution in [0.1, 0.15) is 25.7 Å². The number of likely N-dealkylation sites (tertiary alicyclic amines) is 2. The summed E-state index contributed by atoms with van der Waals surface area (Å²) in [7, 11) is 0. The number of carbonyl (C=O) groups excluding carboxylic acids is 2. The molecule has 10 heteroatoms. The molecule has 1 aromatic heterocycles. The fourth-order valence-corrected chi connectivity index (χ4v) is 3.25. The van der Waals surface area contributed by atoms with Crippen LogP contribution in [0.5, 0.6) is 5.75 Å². The second-order valence-electron chi connectivity index (χ2n) is 6.19. The number of ether oxygens (including phenoxy) is 1. The largest absolute Gasteiger partial charge is 0.415 e. The van der Waals surface area contributed by atoms with E-state index in [0.717, 1.165) is 17.7 Å². The van der Waals surface area contributed by atoms with Gasteiger partial charge in [-0.05, 0) is 24.4 Å². The second-order valence-corrected chi connectivity index (χ2v) is 6.53. The molecule has 3 rings (SSSR count). The molecule has 0 aromatic carbocycles. The first-order chi connectivity index (χ1) is 11.8. The Morgan fingerprint density at radius 2 is 2.04 bits per heavy atom. The van der Waals surface area contributed by atoms with Crippen LogP contribution in [0.25, 0.3) is 0 Å². The molecule has 7 nitrogen and oxygen atoms in total. The molecule has 0 spiro atoms. The highest BCUT2D eigenvalue weighted by molar-refractivity contribution is 6.28. The lowest BCUT2D eigenvalue weighted by Crippen LogP contribution is -2.59. The number of rotatable bonds is 2. The maximum absolute atomic E-state index is 14.1. The Bertz CT molecular complexity index is 659. The van der Waals surface area contributed by atoms with Crippen molar-refractivity contribution < 1.29 is 23.1 Å². The fraction of sp³-hybridized carbons (Fsp3) is 0.600. The lowest BCUT2D eigenvalue weighted by atomic mass is 9.98. The zero-order valence-electron chi connectivity index (χ0n) is 13.3. The third-order valence-electron chi connectivity index (χ3n) is 4.25. The Balaban J connectivity index is 1.70. The molecule has 1 aromatic rings. The predicted molar refractivity (Wildman–Crippen MR) is 83.6 cm³/mol. The molecule has 0 radical (unpaired) electrons. The molecule has 25 heavy (non-hydrogen) atoms. The molecule has 2 fully saturated rings. The Morgan fingerprint density at radius 3 is 2.72 bits per heavy atom. The maximum Gasteiger partial charge on any atom is 0.415 e. The van der Waals surface area contributed by atoms with Gasteiger partial charge < -0.3 is 9.64 Å². The van der Waals surface area contributed by atoms with Crippen LogP contribution in [0.2, 0.25) is 5.28 Å². The molecule has 2 amide bonds. The van der Waals surface area contributed by atoms with Crippen LogP contribution in [-0.4, -0.2) is 63.4 Å². The van der Waals surface area contributed by atoms with Crippen molar-refractivity contribution in [3.05, 3.63) is 17.7 Å². The average Bonchev–Trinajstić information content (AvgIpc) is 2.56. The smallest absolute Gasteiger partial charge is 0.407 e. The monoisotopic (exact) mass is 374 g/mol. The Hall–Kier alpha value is -2.03. The second kappa shape index (κ2) is 7.07. The van der Waals surface area contributed by atoms with Crippen molar-refractivity contribution in [1.29, 1.82) is 0 Å². The van der Waals surface area contributed by atoms with Gasteiger partial charge in [0.2, 0.25) is 11.2 Å². The van der Waals surface area contributed by atoms with Gasteiger partial charge >= 0.3 is 6.09 Å². The summed E-state index contributed by atoms with van der Waals surface area (Å²) in [5.74, 6) is -3.22. The molecule has 2 aliphatic heterocycles. The number of alkyl halides is 2. The number of hydrogen-bond acceptors (Lipinski definition) is 5. The molecule has 136 valence electrons. The Labute approximate surface area is 147 Å². The van der Waals surface area contributed by atoms with Crippen LogP contribution < -0.4 is 4.74 Å². The first-order valence-corrected chi connectivity index (χ1v) is 8.33. The van der Waals surface area contributed by atoms with E-state index < -0.39 is 31.0 Å². The SMILES string of the molecule is O=C(Oc1cnc(Cl)nc1)N1CC(N2CCCCC2=O)CC(F)(F)C1. The van der Waals surface area contributed by atoms with E-state index in [0.29, 0.717) is 13.0 Å². The number of carbonyl (C=O) groups is 2. The van der Waals surface area contributed by atoms with E-state index in [1.54, 1.807) is 0 Å². The van der Waals surface area contributed by atoms with Gasteiger partial charge in [0.15, 0.2) is 5.75 Å². The van der Waals surface area contributed by atoms with E-state index in [4.69, 9.17) is 16.3 Å². The summed E-state index contributed by atoms with van der Waals surface area (Å²) in [6, 6.07) is -0.717. The third-order valence-corrected chi connectivity index (χ3v) is 4.44. The van der Waals surface area contributed by atoms with Gasteiger partial charge in [-0.15, -0.1) is 0 Å². The van der Waals surface area contributed by atoms with E-state index in [1.165, 1.54) is 17.3 Å². The van der Waals surface area contributed by atoms with Crippen molar-refractivity contribution in [2.45, 2.75) is 37.6 Å². The van der Waals surface area contributed by atoms with Gasteiger partial charge in [0.25, 0.3) is 5.92 Å². The van der Waals surface area contributed by atoms with Crippen LogP contribution in [0, 0.1) is 0 Å². The predicted octanol–water partition coefficient (Wildman–Crippen LogP) is 2.35. The third kappa shape index (κ3) is 4.33. The van der Waals surface area contributed by atoms with Crippen molar-refractivity contribution in [3.8, 4) is 5.75 Å². The summed E-state index contributed by atoms with van der Waals surface area (Å²) in [6.45, 7) is -0.305. The Morgan fingerprint density at radius 1 is 1.32 bits per heavy atom. The molecule has 1 unspecified atom stereocenters. The topological polar surface area (TPSA) is 75.6 Å². The van der Waals surface area contributed by atoms with E-state index in [-0.39, 0.29) is 23.5 Å². The van der Waals surface area contributed by atoms with Crippen molar-refractivity contribution in [3.63, 3.8) is 0 Å². The Kier molecular flexibility index (Phi) is 5.03. The summed E-state index contributed by atoms with van der Waals surface area (Å²) in [4.78, 5) is 34.0. The standard InChI is InChI=1S/C15H17ClF2N4O3/c16-13-19-6-11(7-20-13)25-14(24)21-8-10(5-15(17,18)9-21)22-4-2-1-3-12(22)23/h6-7,10H,1-5,8-9H2. The van der Waals surface area contributed by atoms with E-state index in [2.05, 4.69) is 9.97 Å². The van der Waals surface area contributed by atoms with Gasteiger partial charge in [0, 0.05) is 25.9 Å². The highest BCUT2D eigenvalue weighted by Crippen LogP contribution is 2.31. The quantitative estimate of drug-likeness (QED) is 0.743. The maximum atomic E-state index is 14.1. The number of halogens is 3. The molecule has 0 saturated carbocycles. The molecule has 2 aliphatic rings. The lowest BCUT2D eigenvalue weighted by Gasteiger charge is -2.43. The minimum absolute atomic E-state index is 0.00823. The normalized spacial score (nSPS) is 23.5.